The maximum absolute atomic E-state index is 10.3. The van der Waals surface area contributed by atoms with Crippen LogP contribution in [0.2, 0.25) is 0 Å². The van der Waals surface area contributed by atoms with Crippen molar-refractivity contribution in [3.8, 4) is 0 Å². The lowest BCUT2D eigenvalue weighted by molar-refractivity contribution is 0.503. The molecule has 0 bridgehead atoms. The van der Waals surface area contributed by atoms with E-state index in [1.165, 1.54) is 25.7 Å². The summed E-state index contributed by atoms with van der Waals surface area (Å²) in [5, 5.41) is 3.14. The van der Waals surface area contributed by atoms with Gasteiger partial charge in [0.1, 0.15) is 0 Å². The van der Waals surface area contributed by atoms with Gasteiger partial charge in [0, 0.05) is 12.3 Å². The van der Waals surface area contributed by atoms with Gasteiger partial charge in [-0.2, -0.15) is 8.42 Å². The molecule has 2 N–H and O–H groups in total. The van der Waals surface area contributed by atoms with Gasteiger partial charge in [-0.3, -0.25) is 4.55 Å². The molecule has 0 aromatic carbocycles. The van der Waals surface area contributed by atoms with Gasteiger partial charge in [-0.05, 0) is 23.8 Å². The van der Waals surface area contributed by atoms with Crippen molar-refractivity contribution >= 4 is 19.9 Å². The number of nitrogens with one attached hydrogen (secondary N) is 1. The lowest BCUT2D eigenvalue weighted by Gasteiger charge is -2.03. The number of unbranched alkanes of at least 4 members (excludes halogenated alkanes) is 4. The summed E-state index contributed by atoms with van der Waals surface area (Å²) in [4.78, 5) is 0. The molecule has 0 aliphatic heterocycles. The molecule has 0 aromatic heterocycles. The Hall–Kier alpha value is 0.220. The van der Waals surface area contributed by atoms with Crippen molar-refractivity contribution in [3.63, 3.8) is 0 Å². The van der Waals surface area contributed by atoms with Crippen molar-refractivity contribution in [3.05, 3.63) is 0 Å². The summed E-state index contributed by atoms with van der Waals surface area (Å²) in [6.07, 6.45) is 6.18. The fraction of sp³-hybridized carbons (Fsp3) is 1.00. The lowest BCUT2D eigenvalue weighted by atomic mass is 10.1. The van der Waals surface area contributed by atoms with Crippen LogP contribution in [-0.4, -0.2) is 31.8 Å². The minimum Gasteiger partial charge on any atom is -0.316 e. The Morgan fingerprint density at radius 1 is 1.13 bits per heavy atom. The van der Waals surface area contributed by atoms with Crippen molar-refractivity contribution < 1.29 is 13.0 Å². The van der Waals surface area contributed by atoms with Gasteiger partial charge in [-0.25, -0.2) is 0 Å². The third kappa shape index (κ3) is 14.2. The van der Waals surface area contributed by atoms with Gasteiger partial charge in [0.15, 0.2) is 0 Å². The van der Waals surface area contributed by atoms with Crippen LogP contribution in [0.25, 0.3) is 0 Å². The summed E-state index contributed by atoms with van der Waals surface area (Å²) >= 11 is 0. The first kappa shape index (κ1) is 15.2. The van der Waals surface area contributed by atoms with Crippen molar-refractivity contribution in [1.82, 2.24) is 5.32 Å². The number of rotatable bonds is 10. The molecular formula is C9H21NO3S2. The Bertz CT molecular complexity index is 230. The van der Waals surface area contributed by atoms with Crippen LogP contribution in [0.5, 0.6) is 0 Å². The van der Waals surface area contributed by atoms with Crippen LogP contribution in [0.1, 0.15) is 39.0 Å². The zero-order valence-electron chi connectivity index (χ0n) is 9.24. The number of hydrogen-bond donors (Lipinski definition) is 2. The fourth-order valence-electron chi connectivity index (χ4n) is 1.20. The maximum Gasteiger partial charge on any atom is 0.319 e. The van der Waals surface area contributed by atoms with E-state index in [1.54, 1.807) is 0 Å². The van der Waals surface area contributed by atoms with Crippen molar-refractivity contribution in [2.45, 2.75) is 39.0 Å². The molecule has 0 heterocycles. The maximum atomic E-state index is 10.3. The van der Waals surface area contributed by atoms with E-state index in [9.17, 15) is 8.42 Å². The standard InChI is InChI=1S/C9H21NO3S2/c1-2-3-4-5-6-7-10-8-9-14-15(11,12)13/h10H,2-9H2,1H3,(H,11,12,13). The Kier molecular flexibility index (Phi) is 9.58. The zero-order valence-corrected chi connectivity index (χ0v) is 10.9. The molecule has 4 nitrogen and oxygen atoms in total. The molecule has 15 heavy (non-hydrogen) atoms. The van der Waals surface area contributed by atoms with E-state index >= 15 is 0 Å². The van der Waals surface area contributed by atoms with Gasteiger partial charge in [-0.1, -0.05) is 32.6 Å². The molecule has 0 saturated carbocycles. The molecule has 0 amide bonds. The molecule has 0 unspecified atom stereocenters. The van der Waals surface area contributed by atoms with E-state index in [1.807, 2.05) is 0 Å². The molecule has 0 rings (SSSR count). The van der Waals surface area contributed by atoms with Crippen LogP contribution >= 0.6 is 10.8 Å². The van der Waals surface area contributed by atoms with Crippen molar-refractivity contribution in [2.24, 2.45) is 0 Å². The van der Waals surface area contributed by atoms with Crippen LogP contribution in [0.4, 0.5) is 0 Å². The lowest BCUT2D eigenvalue weighted by Crippen LogP contribution is -2.18. The highest BCUT2D eigenvalue weighted by Gasteiger charge is 2.03. The van der Waals surface area contributed by atoms with Crippen LogP contribution in [0.3, 0.4) is 0 Å². The molecular weight excluding hydrogens is 234 g/mol. The average Bonchev–Trinajstić information content (AvgIpc) is 2.14. The van der Waals surface area contributed by atoms with Crippen molar-refractivity contribution in [2.75, 3.05) is 18.8 Å². The Morgan fingerprint density at radius 2 is 1.80 bits per heavy atom. The Morgan fingerprint density at radius 3 is 2.40 bits per heavy atom. The molecule has 0 radical (unpaired) electrons. The minimum absolute atomic E-state index is 0.397. The first-order valence-electron chi connectivity index (χ1n) is 5.39. The average molecular weight is 255 g/mol. The predicted octanol–water partition coefficient (Wildman–Crippen LogP) is 2.08. The van der Waals surface area contributed by atoms with E-state index in [4.69, 9.17) is 4.55 Å². The largest absolute Gasteiger partial charge is 0.319 e. The van der Waals surface area contributed by atoms with E-state index in [2.05, 4.69) is 12.2 Å². The van der Waals surface area contributed by atoms with Gasteiger partial charge in [0.2, 0.25) is 0 Å². The summed E-state index contributed by atoms with van der Waals surface area (Å²) in [6, 6.07) is 0. The monoisotopic (exact) mass is 255 g/mol. The molecule has 0 saturated heterocycles. The highest BCUT2D eigenvalue weighted by atomic mass is 33.1. The van der Waals surface area contributed by atoms with Crippen molar-refractivity contribution in [1.29, 1.82) is 0 Å². The highest BCUT2D eigenvalue weighted by molar-refractivity contribution is 8.69. The Balaban J connectivity index is 3.06. The molecule has 0 atom stereocenters. The van der Waals surface area contributed by atoms with Gasteiger partial charge < -0.3 is 5.32 Å². The minimum atomic E-state index is -3.85. The fourth-order valence-corrected chi connectivity index (χ4v) is 2.52. The smallest absolute Gasteiger partial charge is 0.316 e. The first-order valence-corrected chi connectivity index (χ1v) is 8.33. The van der Waals surface area contributed by atoms with Crippen LogP contribution in [0.15, 0.2) is 0 Å². The summed E-state index contributed by atoms with van der Waals surface area (Å²) in [7, 11) is -3.28. The van der Waals surface area contributed by atoms with Gasteiger partial charge in [0.25, 0.3) is 0 Å². The second-order valence-electron chi connectivity index (χ2n) is 3.41. The summed E-state index contributed by atoms with van der Waals surface area (Å²) in [5.41, 5.74) is 0. The second kappa shape index (κ2) is 9.45. The molecule has 0 aliphatic rings. The zero-order chi connectivity index (χ0) is 11.6. The highest BCUT2D eigenvalue weighted by Crippen LogP contribution is 2.07. The van der Waals surface area contributed by atoms with Gasteiger partial charge >= 0.3 is 9.15 Å². The molecule has 0 aliphatic carbocycles. The molecule has 0 aromatic rings. The van der Waals surface area contributed by atoms with Gasteiger partial charge in [0.05, 0.1) is 0 Å². The van der Waals surface area contributed by atoms with E-state index < -0.39 is 9.15 Å². The third-order valence-electron chi connectivity index (χ3n) is 1.97. The predicted molar refractivity (Wildman–Crippen MR) is 65.6 cm³/mol. The van der Waals surface area contributed by atoms with Crippen LogP contribution in [0, 0.1) is 0 Å². The van der Waals surface area contributed by atoms with Gasteiger partial charge in [-0.15, -0.1) is 0 Å². The molecule has 92 valence electrons. The quantitative estimate of drug-likeness (QED) is 0.355. The van der Waals surface area contributed by atoms with E-state index in [-0.39, 0.29) is 0 Å². The second-order valence-corrected chi connectivity index (χ2v) is 6.88. The SMILES string of the molecule is CCCCCCCNCCSS(=O)(=O)O. The summed E-state index contributed by atoms with van der Waals surface area (Å²) < 4.78 is 29.1. The van der Waals surface area contributed by atoms with Crippen LogP contribution in [-0.2, 0) is 9.15 Å². The topological polar surface area (TPSA) is 66.4 Å². The van der Waals surface area contributed by atoms with E-state index in [0.29, 0.717) is 23.1 Å². The molecule has 6 heteroatoms. The molecule has 0 fully saturated rings. The first-order chi connectivity index (χ1) is 7.06. The third-order valence-corrected chi connectivity index (χ3v) is 4.03. The Labute approximate surface area is 96.4 Å². The summed E-state index contributed by atoms with van der Waals surface area (Å²) in [6.45, 7) is 3.73. The normalized spacial score (nSPS) is 11.9. The number of hydrogen-bond acceptors (Lipinski definition) is 4. The van der Waals surface area contributed by atoms with Crippen LogP contribution < -0.4 is 5.32 Å². The molecule has 0 spiro atoms. The summed E-state index contributed by atoms with van der Waals surface area (Å²) in [5.74, 6) is 0.397. The van der Waals surface area contributed by atoms with E-state index in [0.717, 1.165) is 13.0 Å².